The average molecular weight is 376 g/mol. The molecular formula is C11H17BrClFN2O2S. The zero-order valence-electron chi connectivity index (χ0n) is 10.6. The summed E-state index contributed by atoms with van der Waals surface area (Å²) in [6.07, 6.45) is 0.542. The average Bonchev–Trinajstić information content (AvgIpc) is 2.22. The van der Waals surface area contributed by atoms with E-state index < -0.39 is 15.8 Å². The van der Waals surface area contributed by atoms with Gasteiger partial charge in [-0.15, -0.1) is 12.4 Å². The van der Waals surface area contributed by atoms with E-state index >= 15 is 0 Å². The van der Waals surface area contributed by atoms with Gasteiger partial charge >= 0.3 is 0 Å². The van der Waals surface area contributed by atoms with Crippen LogP contribution >= 0.6 is 28.3 Å². The first-order valence-corrected chi connectivity index (χ1v) is 7.72. The Morgan fingerprint density at radius 1 is 1.47 bits per heavy atom. The lowest BCUT2D eigenvalue weighted by Crippen LogP contribution is -2.29. The lowest BCUT2D eigenvalue weighted by atomic mass is 10.2. The van der Waals surface area contributed by atoms with Crippen LogP contribution in [0.4, 0.5) is 4.39 Å². The van der Waals surface area contributed by atoms with Gasteiger partial charge in [-0.25, -0.2) is 17.5 Å². The molecule has 0 aliphatic carbocycles. The summed E-state index contributed by atoms with van der Waals surface area (Å²) in [4.78, 5) is 0.0699. The Hall–Kier alpha value is -0.210. The zero-order chi connectivity index (χ0) is 13.9. The number of aryl methyl sites for hydroxylation is 1. The van der Waals surface area contributed by atoms with Gasteiger partial charge in [-0.1, -0.05) is 0 Å². The molecule has 0 spiro atoms. The van der Waals surface area contributed by atoms with E-state index in [1.165, 1.54) is 12.1 Å². The molecule has 0 heterocycles. The molecular weight excluding hydrogens is 359 g/mol. The molecule has 0 saturated carbocycles. The molecule has 0 aromatic heterocycles. The molecule has 19 heavy (non-hydrogen) atoms. The summed E-state index contributed by atoms with van der Waals surface area (Å²) in [6.45, 7) is 3.61. The monoisotopic (exact) mass is 374 g/mol. The number of hydrogen-bond donors (Lipinski definition) is 2. The van der Waals surface area contributed by atoms with Crippen molar-refractivity contribution in [1.82, 2.24) is 4.72 Å². The fourth-order valence-corrected chi connectivity index (χ4v) is 3.21. The van der Waals surface area contributed by atoms with Gasteiger partial charge in [0.2, 0.25) is 10.0 Å². The number of benzene rings is 1. The first-order valence-electron chi connectivity index (χ1n) is 5.45. The quantitative estimate of drug-likeness (QED) is 0.829. The minimum atomic E-state index is -3.63. The molecule has 0 aliphatic heterocycles. The van der Waals surface area contributed by atoms with Crippen LogP contribution in [0.5, 0.6) is 0 Å². The molecule has 1 rings (SSSR count). The highest BCUT2D eigenvalue weighted by Gasteiger charge is 2.18. The number of nitrogens with one attached hydrogen (secondary N) is 1. The van der Waals surface area contributed by atoms with Gasteiger partial charge < -0.3 is 5.73 Å². The van der Waals surface area contributed by atoms with Gasteiger partial charge in [-0.3, -0.25) is 0 Å². The molecule has 4 nitrogen and oxygen atoms in total. The van der Waals surface area contributed by atoms with Crippen molar-refractivity contribution in [3.63, 3.8) is 0 Å². The van der Waals surface area contributed by atoms with Crippen LogP contribution in [0.2, 0.25) is 0 Å². The Balaban J connectivity index is 0.00000324. The second-order valence-electron chi connectivity index (χ2n) is 4.20. The van der Waals surface area contributed by atoms with E-state index in [1.807, 2.05) is 0 Å². The fourth-order valence-electron chi connectivity index (χ4n) is 1.42. The SMILES string of the molecule is Cc1cc(F)c(Br)cc1S(=O)(=O)NCCC(C)N.Cl. The summed E-state index contributed by atoms with van der Waals surface area (Å²) in [7, 11) is -3.63. The third-order valence-corrected chi connectivity index (χ3v) is 4.61. The van der Waals surface area contributed by atoms with Crippen molar-refractivity contribution in [2.75, 3.05) is 6.54 Å². The third-order valence-electron chi connectivity index (χ3n) is 2.40. The topological polar surface area (TPSA) is 72.2 Å². The van der Waals surface area contributed by atoms with E-state index in [-0.39, 0.29) is 34.4 Å². The molecule has 0 saturated heterocycles. The summed E-state index contributed by atoms with van der Waals surface area (Å²) in [6, 6.07) is 2.37. The van der Waals surface area contributed by atoms with Crippen molar-refractivity contribution >= 4 is 38.4 Å². The van der Waals surface area contributed by atoms with E-state index in [0.717, 1.165) is 0 Å². The smallest absolute Gasteiger partial charge is 0.240 e. The zero-order valence-corrected chi connectivity index (χ0v) is 13.8. The van der Waals surface area contributed by atoms with Crippen LogP contribution in [0.1, 0.15) is 18.9 Å². The van der Waals surface area contributed by atoms with Crippen LogP contribution in [0, 0.1) is 12.7 Å². The van der Waals surface area contributed by atoms with Crippen molar-refractivity contribution in [2.24, 2.45) is 5.73 Å². The summed E-state index contributed by atoms with van der Waals surface area (Å²) < 4.78 is 39.8. The first-order chi connectivity index (χ1) is 8.24. The molecule has 1 unspecified atom stereocenters. The van der Waals surface area contributed by atoms with Gasteiger partial charge in [0.1, 0.15) is 5.82 Å². The standard InChI is InChI=1S/C11H16BrFN2O2S.ClH/c1-7-5-10(13)9(12)6-11(7)18(16,17)15-4-3-8(2)14;/h5-6,8,15H,3-4,14H2,1-2H3;1H. The molecule has 3 N–H and O–H groups in total. The molecule has 0 fully saturated rings. The van der Waals surface area contributed by atoms with E-state index in [4.69, 9.17) is 5.73 Å². The van der Waals surface area contributed by atoms with Gasteiger partial charge in [0.25, 0.3) is 0 Å². The van der Waals surface area contributed by atoms with Crippen molar-refractivity contribution in [1.29, 1.82) is 0 Å². The molecule has 1 atom stereocenters. The van der Waals surface area contributed by atoms with Gasteiger partial charge in [-0.2, -0.15) is 0 Å². The summed E-state index contributed by atoms with van der Waals surface area (Å²) in [5.74, 6) is -0.484. The van der Waals surface area contributed by atoms with Crippen LogP contribution in [0.25, 0.3) is 0 Å². The molecule has 0 radical (unpaired) electrons. The lowest BCUT2D eigenvalue weighted by molar-refractivity contribution is 0.570. The van der Waals surface area contributed by atoms with Crippen molar-refractivity contribution in [3.05, 3.63) is 28.0 Å². The Kier molecular flexibility index (Phi) is 7.46. The largest absolute Gasteiger partial charge is 0.328 e. The predicted octanol–water partition coefficient (Wildman–Crippen LogP) is 2.33. The minimum Gasteiger partial charge on any atom is -0.328 e. The van der Waals surface area contributed by atoms with Crippen molar-refractivity contribution in [3.8, 4) is 0 Å². The molecule has 0 amide bonds. The van der Waals surface area contributed by atoms with Gasteiger partial charge in [0.15, 0.2) is 0 Å². The van der Waals surface area contributed by atoms with E-state index in [2.05, 4.69) is 20.7 Å². The Labute approximate surface area is 127 Å². The number of halogens is 3. The highest BCUT2D eigenvalue weighted by molar-refractivity contribution is 9.10. The van der Waals surface area contributed by atoms with E-state index in [0.29, 0.717) is 12.0 Å². The molecule has 0 aliphatic rings. The fraction of sp³-hybridized carbons (Fsp3) is 0.455. The van der Waals surface area contributed by atoms with Crippen molar-refractivity contribution in [2.45, 2.75) is 31.2 Å². The third kappa shape index (κ3) is 5.35. The summed E-state index contributed by atoms with van der Waals surface area (Å²) in [5.41, 5.74) is 5.91. The molecule has 0 bridgehead atoms. The maximum Gasteiger partial charge on any atom is 0.240 e. The van der Waals surface area contributed by atoms with E-state index in [9.17, 15) is 12.8 Å². The molecule has 1 aromatic rings. The van der Waals surface area contributed by atoms with Crippen LogP contribution < -0.4 is 10.5 Å². The van der Waals surface area contributed by atoms with Crippen LogP contribution in [0.3, 0.4) is 0 Å². The number of sulfonamides is 1. The molecule has 8 heteroatoms. The second kappa shape index (κ2) is 7.54. The van der Waals surface area contributed by atoms with Crippen molar-refractivity contribution < 1.29 is 12.8 Å². The van der Waals surface area contributed by atoms with Gasteiger partial charge in [0.05, 0.1) is 9.37 Å². The minimum absolute atomic E-state index is 0. The van der Waals surface area contributed by atoms with Crippen LogP contribution in [-0.2, 0) is 10.0 Å². The number of rotatable bonds is 5. The predicted molar refractivity (Wildman–Crippen MR) is 79.5 cm³/mol. The maximum absolute atomic E-state index is 13.2. The second-order valence-corrected chi connectivity index (χ2v) is 6.79. The number of nitrogens with two attached hydrogens (primary N) is 1. The van der Waals surface area contributed by atoms with Crippen LogP contribution in [-0.4, -0.2) is 21.0 Å². The lowest BCUT2D eigenvalue weighted by Gasteiger charge is -2.11. The maximum atomic E-state index is 13.2. The highest BCUT2D eigenvalue weighted by atomic mass is 79.9. The highest BCUT2D eigenvalue weighted by Crippen LogP contribution is 2.23. The summed E-state index contributed by atoms with van der Waals surface area (Å²) >= 11 is 2.98. The van der Waals surface area contributed by atoms with Gasteiger partial charge in [0, 0.05) is 12.6 Å². The Bertz CT molecular complexity index is 538. The normalized spacial score (nSPS) is 12.9. The molecule has 1 aromatic carbocycles. The van der Waals surface area contributed by atoms with Crippen LogP contribution in [0.15, 0.2) is 21.5 Å². The number of hydrogen-bond acceptors (Lipinski definition) is 3. The Morgan fingerprint density at radius 3 is 2.58 bits per heavy atom. The van der Waals surface area contributed by atoms with Gasteiger partial charge in [-0.05, 0) is 53.9 Å². The first kappa shape index (κ1) is 18.8. The summed E-state index contributed by atoms with van der Waals surface area (Å²) in [5, 5.41) is 0. The molecule has 110 valence electrons. The Morgan fingerprint density at radius 2 is 2.05 bits per heavy atom. The van der Waals surface area contributed by atoms with E-state index in [1.54, 1.807) is 13.8 Å².